The fraction of sp³-hybridized carbons (Fsp3) is 0.174. The molecular formula is C23H22ClN5O3S. The number of nitrogens with zero attached hydrogens (tertiary/aromatic N) is 3. The summed E-state index contributed by atoms with van der Waals surface area (Å²) >= 11 is 6.08. The molecule has 4 aromatic rings. The normalized spacial score (nSPS) is 11.8. The topological polar surface area (TPSA) is 120 Å². The van der Waals surface area contributed by atoms with Gasteiger partial charge in [-0.25, -0.2) is 18.4 Å². The minimum atomic E-state index is -3.96. The molecule has 4 rings (SSSR count). The molecule has 2 aromatic carbocycles. The van der Waals surface area contributed by atoms with Crippen LogP contribution >= 0.6 is 11.6 Å². The zero-order chi connectivity index (χ0) is 23.9. The number of hydrogen-bond donors (Lipinski definition) is 2. The van der Waals surface area contributed by atoms with Gasteiger partial charge < -0.3 is 10.3 Å². The van der Waals surface area contributed by atoms with Gasteiger partial charge in [-0.2, -0.15) is 0 Å². The van der Waals surface area contributed by atoms with Crippen LogP contribution in [-0.2, 0) is 10.0 Å². The van der Waals surface area contributed by atoms with Gasteiger partial charge in [-0.15, -0.1) is 0 Å². The van der Waals surface area contributed by atoms with Crippen LogP contribution in [0.5, 0.6) is 0 Å². The highest BCUT2D eigenvalue weighted by atomic mass is 35.5. The molecule has 0 saturated heterocycles. The molecule has 0 unspecified atom stereocenters. The van der Waals surface area contributed by atoms with E-state index in [1.165, 1.54) is 18.5 Å². The zero-order valence-electron chi connectivity index (χ0n) is 18.2. The van der Waals surface area contributed by atoms with Crippen molar-refractivity contribution in [1.29, 1.82) is 0 Å². The second-order valence-electron chi connectivity index (χ2n) is 7.84. The first-order valence-electron chi connectivity index (χ1n) is 10.1. The number of nitrogens with two attached hydrogens (primary N) is 1. The van der Waals surface area contributed by atoms with Gasteiger partial charge in [0.25, 0.3) is 10.0 Å². The number of sulfonamides is 1. The zero-order valence-corrected chi connectivity index (χ0v) is 19.8. The third-order valence-electron chi connectivity index (χ3n) is 5.39. The van der Waals surface area contributed by atoms with Gasteiger partial charge in [0.05, 0.1) is 21.7 Å². The van der Waals surface area contributed by atoms with Crippen molar-refractivity contribution in [3.05, 3.63) is 76.7 Å². The third-order valence-corrected chi connectivity index (χ3v) is 7.25. The molecule has 0 spiro atoms. The second kappa shape index (κ2) is 8.49. The molecule has 0 aliphatic rings. The molecule has 0 radical (unpaired) electrons. The summed E-state index contributed by atoms with van der Waals surface area (Å²) in [4.78, 5) is 21.9. The van der Waals surface area contributed by atoms with E-state index in [-0.39, 0.29) is 33.2 Å². The van der Waals surface area contributed by atoms with Gasteiger partial charge in [0.15, 0.2) is 5.78 Å². The predicted molar refractivity (Wildman–Crippen MR) is 129 cm³/mol. The van der Waals surface area contributed by atoms with E-state index in [0.29, 0.717) is 27.7 Å². The van der Waals surface area contributed by atoms with Crippen molar-refractivity contribution in [3.8, 4) is 0 Å². The Morgan fingerprint density at radius 1 is 1.09 bits per heavy atom. The summed E-state index contributed by atoms with van der Waals surface area (Å²) in [6.45, 7) is 5.63. The van der Waals surface area contributed by atoms with Gasteiger partial charge in [0.2, 0.25) is 0 Å². The number of nitrogens with one attached hydrogen (secondary N) is 1. The van der Waals surface area contributed by atoms with Crippen LogP contribution in [0.2, 0.25) is 5.02 Å². The van der Waals surface area contributed by atoms with E-state index in [4.69, 9.17) is 17.3 Å². The Morgan fingerprint density at radius 3 is 2.52 bits per heavy atom. The summed E-state index contributed by atoms with van der Waals surface area (Å²) in [5, 5.41) is 0.574. The third kappa shape index (κ3) is 4.05. The molecule has 8 nitrogen and oxygen atoms in total. The molecule has 3 N–H and O–H groups in total. The summed E-state index contributed by atoms with van der Waals surface area (Å²) in [6, 6.07) is 11.0. The highest BCUT2D eigenvalue weighted by Crippen LogP contribution is 2.31. The van der Waals surface area contributed by atoms with Crippen LogP contribution in [-0.4, -0.2) is 28.7 Å². The number of aromatic nitrogens is 3. The Bertz CT molecular complexity index is 1500. The first-order chi connectivity index (χ1) is 15.6. The lowest BCUT2D eigenvalue weighted by Crippen LogP contribution is -2.15. The van der Waals surface area contributed by atoms with Gasteiger partial charge in [0.1, 0.15) is 22.7 Å². The molecule has 170 valence electrons. The number of ketones is 1. The van der Waals surface area contributed by atoms with E-state index < -0.39 is 10.0 Å². The lowest BCUT2D eigenvalue weighted by molar-refractivity contribution is 0.103. The van der Waals surface area contributed by atoms with Gasteiger partial charge in [-0.1, -0.05) is 35.9 Å². The fourth-order valence-electron chi connectivity index (χ4n) is 3.67. The van der Waals surface area contributed by atoms with Crippen LogP contribution in [0.1, 0.15) is 41.4 Å². The molecule has 0 bridgehead atoms. The summed E-state index contributed by atoms with van der Waals surface area (Å²) in [6.07, 6.45) is 3.07. The standard InChI is InChI=1S/C23H22ClN5O3S/c1-13(2)29-11-16(20-22(25)26-12-27-23(20)29)21(30)15-7-6-9-18(14(15)3)28-33(31,32)19-10-5-4-8-17(19)24/h4-13,28H,1-3H3,(H2,25,26,27). The van der Waals surface area contributed by atoms with E-state index in [1.807, 2.05) is 18.4 Å². The average molecular weight is 484 g/mol. The number of carbonyl (C=O) groups is 1. The van der Waals surface area contributed by atoms with E-state index >= 15 is 0 Å². The molecule has 2 aromatic heterocycles. The fourth-order valence-corrected chi connectivity index (χ4v) is 5.32. The van der Waals surface area contributed by atoms with E-state index in [1.54, 1.807) is 43.5 Å². The SMILES string of the molecule is Cc1c(NS(=O)(=O)c2ccccc2Cl)cccc1C(=O)c1cn(C(C)C)c2ncnc(N)c12. The van der Waals surface area contributed by atoms with Crippen LogP contribution in [0.4, 0.5) is 11.5 Å². The van der Waals surface area contributed by atoms with Gasteiger partial charge >= 0.3 is 0 Å². The largest absolute Gasteiger partial charge is 0.383 e. The minimum Gasteiger partial charge on any atom is -0.383 e. The molecule has 33 heavy (non-hydrogen) atoms. The number of nitrogen functional groups attached to an aromatic ring is 1. The Labute approximate surface area is 196 Å². The molecule has 0 aliphatic carbocycles. The monoisotopic (exact) mass is 483 g/mol. The maximum atomic E-state index is 13.6. The first-order valence-corrected chi connectivity index (χ1v) is 12.0. The molecule has 10 heteroatoms. The van der Waals surface area contributed by atoms with Crippen LogP contribution < -0.4 is 10.5 Å². The van der Waals surface area contributed by atoms with Crippen molar-refractivity contribution in [3.63, 3.8) is 0 Å². The van der Waals surface area contributed by atoms with Crippen molar-refractivity contribution >= 4 is 49.9 Å². The summed E-state index contributed by atoms with van der Waals surface area (Å²) in [5.74, 6) is -0.104. The Kier molecular flexibility index (Phi) is 5.85. The number of anilines is 2. The highest BCUT2D eigenvalue weighted by molar-refractivity contribution is 7.92. The van der Waals surface area contributed by atoms with Crippen molar-refractivity contribution in [1.82, 2.24) is 14.5 Å². The summed E-state index contributed by atoms with van der Waals surface area (Å²) in [7, 11) is -3.96. The number of rotatable bonds is 6. The number of hydrogen-bond acceptors (Lipinski definition) is 6. The Balaban J connectivity index is 1.79. The lowest BCUT2D eigenvalue weighted by atomic mass is 9.98. The van der Waals surface area contributed by atoms with Gasteiger partial charge in [-0.05, 0) is 44.5 Å². The number of fused-ring (bicyclic) bond motifs is 1. The van der Waals surface area contributed by atoms with E-state index in [9.17, 15) is 13.2 Å². The Hall–Kier alpha value is -3.43. The average Bonchev–Trinajstić information content (AvgIpc) is 3.16. The van der Waals surface area contributed by atoms with Crippen LogP contribution in [0, 0.1) is 6.92 Å². The van der Waals surface area contributed by atoms with Crippen LogP contribution in [0.3, 0.4) is 0 Å². The molecular weight excluding hydrogens is 462 g/mol. The quantitative estimate of drug-likeness (QED) is 0.387. The van der Waals surface area contributed by atoms with Crippen LogP contribution in [0.15, 0.2) is 59.9 Å². The maximum absolute atomic E-state index is 13.6. The smallest absolute Gasteiger partial charge is 0.263 e. The molecule has 2 heterocycles. The number of benzene rings is 2. The van der Waals surface area contributed by atoms with Gasteiger partial charge in [-0.3, -0.25) is 9.52 Å². The molecule has 0 fully saturated rings. The van der Waals surface area contributed by atoms with E-state index in [0.717, 1.165) is 0 Å². The number of halogens is 1. The maximum Gasteiger partial charge on any atom is 0.263 e. The molecule has 0 amide bonds. The van der Waals surface area contributed by atoms with Gasteiger partial charge in [0, 0.05) is 17.8 Å². The van der Waals surface area contributed by atoms with Crippen LogP contribution in [0.25, 0.3) is 11.0 Å². The first kappa shape index (κ1) is 22.8. The summed E-state index contributed by atoms with van der Waals surface area (Å²) < 4.78 is 30.2. The lowest BCUT2D eigenvalue weighted by Gasteiger charge is -2.14. The molecule has 0 saturated carbocycles. The van der Waals surface area contributed by atoms with Crippen molar-refractivity contribution < 1.29 is 13.2 Å². The minimum absolute atomic E-state index is 0.0400. The Morgan fingerprint density at radius 2 is 1.82 bits per heavy atom. The van der Waals surface area contributed by atoms with E-state index in [2.05, 4.69) is 14.7 Å². The van der Waals surface area contributed by atoms with Crippen molar-refractivity contribution in [2.75, 3.05) is 10.5 Å². The molecule has 0 aliphatic heterocycles. The van der Waals surface area contributed by atoms with Crippen molar-refractivity contribution in [2.24, 2.45) is 0 Å². The van der Waals surface area contributed by atoms with Crippen molar-refractivity contribution in [2.45, 2.75) is 31.7 Å². The molecule has 0 atom stereocenters. The second-order valence-corrected chi connectivity index (χ2v) is 9.90. The predicted octanol–water partition coefficient (Wildman–Crippen LogP) is 4.59. The number of carbonyl (C=O) groups excluding carboxylic acids is 1. The summed E-state index contributed by atoms with van der Waals surface area (Å²) in [5.41, 5.74) is 8.09. The highest BCUT2D eigenvalue weighted by Gasteiger charge is 2.24.